The van der Waals surface area contributed by atoms with Crippen LogP contribution in [-0.4, -0.2) is 0 Å². The molecule has 0 spiro atoms. The zero-order valence-corrected chi connectivity index (χ0v) is 13.8. The molecule has 3 heteroatoms. The minimum Gasteiger partial charge on any atom is -0.324 e. The van der Waals surface area contributed by atoms with Gasteiger partial charge in [0.05, 0.1) is 0 Å². The van der Waals surface area contributed by atoms with Crippen LogP contribution in [0.25, 0.3) is 0 Å². The van der Waals surface area contributed by atoms with Crippen LogP contribution in [0.1, 0.15) is 29.7 Å². The molecule has 0 aliphatic rings. The highest BCUT2D eigenvalue weighted by Gasteiger charge is 2.07. The fourth-order valence-electron chi connectivity index (χ4n) is 1.85. The first-order valence-corrected chi connectivity index (χ1v) is 7.88. The normalized spacial score (nSPS) is 12.5. The quantitative estimate of drug-likeness (QED) is 0.830. The second kappa shape index (κ2) is 6.12. The summed E-state index contributed by atoms with van der Waals surface area (Å²) < 4.78 is 1.08. The van der Waals surface area contributed by atoms with Crippen LogP contribution in [0.15, 0.2) is 50.7 Å². The lowest BCUT2D eigenvalue weighted by molar-refractivity contribution is 0.811. The third-order valence-corrected chi connectivity index (χ3v) is 4.84. The number of hydrogen-bond donors (Lipinski definition) is 1. The van der Waals surface area contributed by atoms with E-state index in [-0.39, 0.29) is 6.04 Å². The minimum absolute atomic E-state index is 0.0510. The number of nitrogens with two attached hydrogens (primary N) is 1. The first-order valence-electron chi connectivity index (χ1n) is 6.27. The summed E-state index contributed by atoms with van der Waals surface area (Å²) >= 11 is 5.37. The van der Waals surface area contributed by atoms with Crippen molar-refractivity contribution in [2.75, 3.05) is 0 Å². The van der Waals surface area contributed by atoms with Crippen LogP contribution >= 0.6 is 27.7 Å². The van der Waals surface area contributed by atoms with E-state index in [4.69, 9.17) is 5.73 Å². The molecule has 0 heterocycles. The largest absolute Gasteiger partial charge is 0.324 e. The standard InChI is InChI=1S/C16H18BrNS/c1-10-4-5-13(8-11(10)2)19-14-6-7-15(12(3)18)16(17)9-14/h4-9,12H,18H2,1-3H3. The Hall–Kier alpha value is -0.770. The van der Waals surface area contributed by atoms with Gasteiger partial charge in [-0.2, -0.15) is 0 Å². The average molecular weight is 336 g/mol. The molecule has 100 valence electrons. The van der Waals surface area contributed by atoms with Crippen LogP contribution < -0.4 is 5.73 Å². The minimum atomic E-state index is 0.0510. The van der Waals surface area contributed by atoms with Crippen LogP contribution in [0.4, 0.5) is 0 Å². The maximum absolute atomic E-state index is 5.92. The maximum atomic E-state index is 5.92. The third-order valence-electron chi connectivity index (χ3n) is 3.18. The maximum Gasteiger partial charge on any atom is 0.0277 e. The Morgan fingerprint density at radius 2 is 1.63 bits per heavy atom. The summed E-state index contributed by atoms with van der Waals surface area (Å²) in [7, 11) is 0. The van der Waals surface area contributed by atoms with E-state index in [1.54, 1.807) is 11.8 Å². The first-order chi connectivity index (χ1) is 8.97. The van der Waals surface area contributed by atoms with Crippen molar-refractivity contribution in [3.63, 3.8) is 0 Å². The van der Waals surface area contributed by atoms with Gasteiger partial charge in [-0.15, -0.1) is 0 Å². The van der Waals surface area contributed by atoms with Crippen molar-refractivity contribution < 1.29 is 0 Å². The van der Waals surface area contributed by atoms with E-state index in [1.165, 1.54) is 20.9 Å². The molecule has 1 nitrogen and oxygen atoms in total. The summed E-state index contributed by atoms with van der Waals surface area (Å²) in [5.74, 6) is 0. The van der Waals surface area contributed by atoms with Crippen molar-refractivity contribution in [2.24, 2.45) is 5.73 Å². The zero-order chi connectivity index (χ0) is 14.0. The van der Waals surface area contributed by atoms with Crippen molar-refractivity contribution in [1.29, 1.82) is 0 Å². The van der Waals surface area contributed by atoms with Crippen molar-refractivity contribution in [1.82, 2.24) is 0 Å². The summed E-state index contributed by atoms with van der Waals surface area (Å²) in [6.45, 7) is 6.28. The summed E-state index contributed by atoms with van der Waals surface area (Å²) in [4.78, 5) is 2.49. The van der Waals surface area contributed by atoms with Crippen LogP contribution in [-0.2, 0) is 0 Å². The summed E-state index contributed by atoms with van der Waals surface area (Å²) in [6, 6.07) is 13.0. The number of benzene rings is 2. The lowest BCUT2D eigenvalue weighted by atomic mass is 10.1. The fraction of sp³-hybridized carbons (Fsp3) is 0.250. The Balaban J connectivity index is 2.24. The van der Waals surface area contributed by atoms with E-state index in [9.17, 15) is 0 Å². The Morgan fingerprint density at radius 1 is 1.00 bits per heavy atom. The molecule has 19 heavy (non-hydrogen) atoms. The van der Waals surface area contributed by atoms with Crippen LogP contribution in [0, 0.1) is 13.8 Å². The number of aryl methyl sites for hydroxylation is 2. The zero-order valence-electron chi connectivity index (χ0n) is 11.4. The van der Waals surface area contributed by atoms with Crippen molar-refractivity contribution in [3.8, 4) is 0 Å². The van der Waals surface area contributed by atoms with Gasteiger partial charge in [0.25, 0.3) is 0 Å². The lowest BCUT2D eigenvalue weighted by Gasteiger charge is -2.10. The van der Waals surface area contributed by atoms with Gasteiger partial charge in [0.1, 0.15) is 0 Å². The summed E-state index contributed by atoms with van der Waals surface area (Å²) in [5, 5.41) is 0. The van der Waals surface area contributed by atoms with E-state index >= 15 is 0 Å². The van der Waals surface area contributed by atoms with E-state index in [2.05, 4.69) is 66.2 Å². The molecule has 1 atom stereocenters. The van der Waals surface area contributed by atoms with Gasteiger partial charge < -0.3 is 5.73 Å². The SMILES string of the molecule is Cc1ccc(Sc2ccc(C(C)N)c(Br)c2)cc1C. The van der Waals surface area contributed by atoms with Crippen LogP contribution in [0.5, 0.6) is 0 Å². The first kappa shape index (κ1) is 14.6. The van der Waals surface area contributed by atoms with Crippen LogP contribution in [0.2, 0.25) is 0 Å². The van der Waals surface area contributed by atoms with Gasteiger partial charge in [-0.1, -0.05) is 39.8 Å². The lowest BCUT2D eigenvalue weighted by Crippen LogP contribution is -2.05. The molecular formula is C16H18BrNS. The van der Waals surface area contributed by atoms with Crippen molar-refractivity contribution >= 4 is 27.7 Å². The van der Waals surface area contributed by atoms with Gasteiger partial charge in [0.2, 0.25) is 0 Å². The molecule has 1 unspecified atom stereocenters. The number of rotatable bonds is 3. The molecule has 0 aliphatic carbocycles. The molecule has 0 fully saturated rings. The molecule has 0 radical (unpaired) electrons. The molecule has 2 rings (SSSR count). The number of hydrogen-bond acceptors (Lipinski definition) is 2. The van der Waals surface area contributed by atoms with E-state index in [0.717, 1.165) is 10.0 Å². The third kappa shape index (κ3) is 3.62. The number of halogens is 1. The van der Waals surface area contributed by atoms with E-state index in [1.807, 2.05) is 6.92 Å². The Bertz CT molecular complexity index is 593. The second-order valence-corrected chi connectivity index (χ2v) is 6.82. The van der Waals surface area contributed by atoms with Crippen molar-refractivity contribution in [2.45, 2.75) is 36.6 Å². The molecule has 2 N–H and O–H groups in total. The highest BCUT2D eigenvalue weighted by atomic mass is 79.9. The van der Waals surface area contributed by atoms with E-state index in [0.29, 0.717) is 0 Å². The molecule has 2 aromatic rings. The smallest absolute Gasteiger partial charge is 0.0277 e. The molecule has 0 amide bonds. The molecule has 0 aliphatic heterocycles. The van der Waals surface area contributed by atoms with E-state index < -0.39 is 0 Å². The van der Waals surface area contributed by atoms with Gasteiger partial charge >= 0.3 is 0 Å². The van der Waals surface area contributed by atoms with Gasteiger partial charge in [0, 0.05) is 20.3 Å². The Labute approximate surface area is 127 Å². The summed E-state index contributed by atoms with van der Waals surface area (Å²) in [6.07, 6.45) is 0. The van der Waals surface area contributed by atoms with Crippen molar-refractivity contribution in [3.05, 3.63) is 57.6 Å². The predicted molar refractivity (Wildman–Crippen MR) is 86.8 cm³/mol. The fourth-order valence-corrected chi connectivity index (χ4v) is 3.70. The molecule has 0 aromatic heterocycles. The average Bonchev–Trinajstić information content (AvgIpc) is 2.33. The van der Waals surface area contributed by atoms with Crippen LogP contribution in [0.3, 0.4) is 0 Å². The Kier molecular flexibility index (Phi) is 4.71. The molecular weight excluding hydrogens is 318 g/mol. The second-order valence-electron chi connectivity index (χ2n) is 4.82. The summed E-state index contributed by atoms with van der Waals surface area (Å²) in [5.41, 5.74) is 9.72. The monoisotopic (exact) mass is 335 g/mol. The van der Waals surface area contributed by atoms with Gasteiger partial charge in [-0.05, 0) is 61.7 Å². The van der Waals surface area contributed by atoms with Gasteiger partial charge in [-0.3, -0.25) is 0 Å². The topological polar surface area (TPSA) is 26.0 Å². The highest BCUT2D eigenvalue weighted by Crippen LogP contribution is 2.33. The van der Waals surface area contributed by atoms with Gasteiger partial charge in [0.15, 0.2) is 0 Å². The Morgan fingerprint density at radius 3 is 2.21 bits per heavy atom. The van der Waals surface area contributed by atoms with Gasteiger partial charge in [-0.25, -0.2) is 0 Å². The molecule has 2 aromatic carbocycles. The molecule has 0 bridgehead atoms. The molecule has 0 saturated heterocycles. The highest BCUT2D eigenvalue weighted by molar-refractivity contribution is 9.10. The predicted octanol–water partition coefficient (Wildman–Crippen LogP) is 5.24. The molecule has 0 saturated carbocycles.